The second-order valence-electron chi connectivity index (χ2n) is 3.42. The Morgan fingerprint density at radius 1 is 1.36 bits per heavy atom. The molecule has 0 aliphatic heterocycles. The molecule has 0 radical (unpaired) electrons. The molecule has 3 heteroatoms. The lowest BCUT2D eigenvalue weighted by Gasteiger charge is -1.96. The van der Waals surface area contributed by atoms with Gasteiger partial charge in [0.15, 0.2) is 0 Å². The van der Waals surface area contributed by atoms with E-state index in [1.54, 1.807) is 0 Å². The summed E-state index contributed by atoms with van der Waals surface area (Å²) in [5, 5.41) is 0. The zero-order valence-corrected chi connectivity index (χ0v) is 8.22. The van der Waals surface area contributed by atoms with Gasteiger partial charge in [0.1, 0.15) is 6.29 Å². The SMILES string of the molecule is CCCCCC1=C(/C=C/C=O)C1(F)F. The van der Waals surface area contributed by atoms with Crippen molar-refractivity contribution < 1.29 is 13.6 Å². The van der Waals surface area contributed by atoms with Gasteiger partial charge in [-0.15, -0.1) is 0 Å². The fourth-order valence-corrected chi connectivity index (χ4v) is 1.48. The second kappa shape index (κ2) is 4.49. The van der Waals surface area contributed by atoms with Crippen molar-refractivity contribution in [3.8, 4) is 0 Å². The first-order valence-electron chi connectivity index (χ1n) is 4.88. The van der Waals surface area contributed by atoms with E-state index in [0.717, 1.165) is 25.3 Å². The zero-order valence-electron chi connectivity index (χ0n) is 8.22. The molecule has 0 atom stereocenters. The standard InChI is InChI=1S/C11H14F2O/c1-2-3-4-6-9-10(7-5-8-14)11(9,12)13/h5,7-8H,2-4,6H2,1H3/b7-5+. The van der Waals surface area contributed by atoms with Gasteiger partial charge in [0.2, 0.25) is 0 Å². The maximum Gasteiger partial charge on any atom is 0.295 e. The van der Waals surface area contributed by atoms with Crippen LogP contribution in [0.3, 0.4) is 0 Å². The summed E-state index contributed by atoms with van der Waals surface area (Å²) in [7, 11) is 0. The van der Waals surface area contributed by atoms with Crippen LogP contribution >= 0.6 is 0 Å². The predicted molar refractivity (Wildman–Crippen MR) is 51.3 cm³/mol. The number of alkyl halides is 2. The van der Waals surface area contributed by atoms with E-state index in [0.29, 0.717) is 12.7 Å². The summed E-state index contributed by atoms with van der Waals surface area (Å²) in [5.74, 6) is -2.73. The molecule has 0 N–H and O–H groups in total. The molecule has 0 aromatic carbocycles. The minimum absolute atomic E-state index is 0.0423. The molecule has 0 aromatic heterocycles. The fraction of sp³-hybridized carbons (Fsp3) is 0.545. The molecule has 0 unspecified atom stereocenters. The maximum absolute atomic E-state index is 13.0. The van der Waals surface area contributed by atoms with Gasteiger partial charge in [0.25, 0.3) is 5.92 Å². The lowest BCUT2D eigenvalue weighted by atomic mass is 10.2. The third-order valence-corrected chi connectivity index (χ3v) is 2.35. The quantitative estimate of drug-likeness (QED) is 0.365. The molecule has 14 heavy (non-hydrogen) atoms. The van der Waals surface area contributed by atoms with Crippen molar-refractivity contribution in [2.75, 3.05) is 0 Å². The molecule has 78 valence electrons. The molecular formula is C11H14F2O. The van der Waals surface area contributed by atoms with Crippen molar-refractivity contribution in [3.05, 3.63) is 23.3 Å². The van der Waals surface area contributed by atoms with Crippen LogP contribution in [0.4, 0.5) is 8.78 Å². The molecule has 0 aromatic rings. The molecule has 1 aliphatic rings. The first kappa shape index (κ1) is 11.1. The van der Waals surface area contributed by atoms with Crippen LogP contribution in [0.5, 0.6) is 0 Å². The Morgan fingerprint density at radius 2 is 2.07 bits per heavy atom. The van der Waals surface area contributed by atoms with Gasteiger partial charge in [-0.2, -0.15) is 8.78 Å². The Labute approximate surface area is 82.5 Å². The zero-order chi connectivity index (χ0) is 10.6. The highest BCUT2D eigenvalue weighted by molar-refractivity contribution is 5.69. The predicted octanol–water partition coefficient (Wildman–Crippen LogP) is 3.27. The van der Waals surface area contributed by atoms with Gasteiger partial charge in [-0.05, 0) is 25.0 Å². The van der Waals surface area contributed by atoms with Gasteiger partial charge in [-0.3, -0.25) is 4.79 Å². The van der Waals surface area contributed by atoms with Crippen molar-refractivity contribution in [3.63, 3.8) is 0 Å². The summed E-state index contributed by atoms with van der Waals surface area (Å²) < 4.78 is 25.9. The number of hydrogen-bond acceptors (Lipinski definition) is 1. The molecule has 1 nitrogen and oxygen atoms in total. The minimum atomic E-state index is -2.73. The lowest BCUT2D eigenvalue weighted by molar-refractivity contribution is -0.104. The Balaban J connectivity index is 2.46. The van der Waals surface area contributed by atoms with Crippen LogP contribution in [0.1, 0.15) is 32.6 Å². The van der Waals surface area contributed by atoms with Gasteiger partial charge in [0.05, 0.1) is 0 Å². The molecule has 0 saturated heterocycles. The van der Waals surface area contributed by atoms with E-state index in [1.165, 1.54) is 6.08 Å². The molecular weight excluding hydrogens is 186 g/mol. The summed E-state index contributed by atoms with van der Waals surface area (Å²) in [5.41, 5.74) is 0.254. The maximum atomic E-state index is 13.0. The van der Waals surface area contributed by atoms with Gasteiger partial charge in [-0.25, -0.2) is 0 Å². The van der Waals surface area contributed by atoms with E-state index in [4.69, 9.17) is 0 Å². The van der Waals surface area contributed by atoms with Crippen LogP contribution in [0.2, 0.25) is 0 Å². The van der Waals surface area contributed by atoms with Crippen LogP contribution in [-0.2, 0) is 4.79 Å². The van der Waals surface area contributed by atoms with Gasteiger partial charge in [0, 0.05) is 11.1 Å². The van der Waals surface area contributed by atoms with Crippen LogP contribution in [-0.4, -0.2) is 12.2 Å². The van der Waals surface area contributed by atoms with E-state index >= 15 is 0 Å². The Morgan fingerprint density at radius 3 is 2.64 bits per heavy atom. The average molecular weight is 200 g/mol. The monoisotopic (exact) mass is 200 g/mol. The number of carbonyl (C=O) groups excluding carboxylic acids is 1. The highest BCUT2D eigenvalue weighted by atomic mass is 19.3. The highest BCUT2D eigenvalue weighted by Crippen LogP contribution is 2.52. The number of allylic oxidation sites excluding steroid dienone is 4. The lowest BCUT2D eigenvalue weighted by Crippen LogP contribution is -1.96. The molecule has 0 bridgehead atoms. The molecule has 0 spiro atoms. The van der Waals surface area contributed by atoms with E-state index in [-0.39, 0.29) is 11.1 Å². The fourth-order valence-electron chi connectivity index (χ4n) is 1.48. The normalized spacial score (nSPS) is 19.1. The highest BCUT2D eigenvalue weighted by Gasteiger charge is 2.53. The third-order valence-electron chi connectivity index (χ3n) is 2.35. The molecule has 0 saturated carbocycles. The van der Waals surface area contributed by atoms with Crippen LogP contribution in [0.15, 0.2) is 23.3 Å². The molecule has 0 heterocycles. The van der Waals surface area contributed by atoms with Gasteiger partial charge < -0.3 is 0 Å². The van der Waals surface area contributed by atoms with E-state index in [2.05, 4.69) is 0 Å². The number of rotatable bonds is 6. The van der Waals surface area contributed by atoms with Crippen molar-refractivity contribution >= 4 is 6.29 Å². The Hall–Kier alpha value is -0.990. The topological polar surface area (TPSA) is 17.1 Å². The number of halogens is 2. The van der Waals surface area contributed by atoms with Crippen LogP contribution in [0, 0.1) is 0 Å². The summed E-state index contributed by atoms with van der Waals surface area (Å²) >= 11 is 0. The van der Waals surface area contributed by atoms with Crippen LogP contribution in [0.25, 0.3) is 0 Å². The van der Waals surface area contributed by atoms with Gasteiger partial charge in [-0.1, -0.05) is 19.8 Å². The minimum Gasteiger partial charge on any atom is -0.299 e. The van der Waals surface area contributed by atoms with Crippen molar-refractivity contribution in [1.82, 2.24) is 0 Å². The molecule has 0 fully saturated rings. The smallest absolute Gasteiger partial charge is 0.295 e. The third kappa shape index (κ3) is 2.28. The second-order valence-corrected chi connectivity index (χ2v) is 3.42. The number of carbonyl (C=O) groups is 1. The largest absolute Gasteiger partial charge is 0.299 e. The molecule has 1 rings (SSSR count). The van der Waals surface area contributed by atoms with Crippen molar-refractivity contribution in [2.45, 2.75) is 38.5 Å². The summed E-state index contributed by atoms with van der Waals surface area (Å²) in [6.07, 6.45) is 6.12. The average Bonchev–Trinajstić information content (AvgIpc) is 2.65. The number of hydrogen-bond donors (Lipinski definition) is 0. The summed E-state index contributed by atoms with van der Waals surface area (Å²) in [6, 6.07) is 0. The molecule has 0 amide bonds. The van der Waals surface area contributed by atoms with Crippen molar-refractivity contribution in [2.24, 2.45) is 0 Å². The first-order chi connectivity index (χ1) is 6.64. The summed E-state index contributed by atoms with van der Waals surface area (Å²) in [6.45, 7) is 2.03. The summed E-state index contributed by atoms with van der Waals surface area (Å²) in [4.78, 5) is 9.96. The molecule has 1 aliphatic carbocycles. The van der Waals surface area contributed by atoms with Gasteiger partial charge >= 0.3 is 0 Å². The number of aldehydes is 1. The Kier molecular flexibility index (Phi) is 3.55. The van der Waals surface area contributed by atoms with E-state index in [1.807, 2.05) is 6.92 Å². The first-order valence-corrected chi connectivity index (χ1v) is 4.88. The van der Waals surface area contributed by atoms with Crippen LogP contribution < -0.4 is 0 Å². The van der Waals surface area contributed by atoms with Crippen molar-refractivity contribution in [1.29, 1.82) is 0 Å². The number of unbranched alkanes of at least 4 members (excludes halogenated alkanes) is 2. The Bertz CT molecular complexity index is 277. The van der Waals surface area contributed by atoms with E-state index in [9.17, 15) is 13.6 Å². The van der Waals surface area contributed by atoms with E-state index < -0.39 is 5.92 Å².